The Kier molecular flexibility index (Phi) is 5.27. The number of hydrogen-bond acceptors (Lipinski definition) is 8. The van der Waals surface area contributed by atoms with Crippen molar-refractivity contribution in [1.82, 2.24) is 24.6 Å². The summed E-state index contributed by atoms with van der Waals surface area (Å²) in [6.45, 7) is 4.74. The fourth-order valence-electron chi connectivity index (χ4n) is 3.60. The molecule has 156 valence electrons. The van der Waals surface area contributed by atoms with Gasteiger partial charge in [-0.25, -0.2) is 9.97 Å². The monoisotopic (exact) mass is 410 g/mol. The second-order valence-electron chi connectivity index (χ2n) is 7.19. The molecule has 2 aromatic heterocycles. The minimum Gasteiger partial charge on any atom is -0.353 e. The number of aryl methyl sites for hydroxylation is 1. The lowest BCUT2D eigenvalue weighted by atomic mass is 10.2. The third-order valence-corrected chi connectivity index (χ3v) is 5.40. The van der Waals surface area contributed by atoms with E-state index < -0.39 is 4.92 Å². The molecule has 11 heteroatoms. The highest BCUT2D eigenvalue weighted by atomic mass is 16.6. The van der Waals surface area contributed by atoms with Gasteiger partial charge >= 0.3 is 0 Å². The molecule has 1 amide bonds. The number of non-ortho nitro benzene ring substituents is 1. The molecule has 1 atom stereocenters. The molecule has 30 heavy (non-hydrogen) atoms. The van der Waals surface area contributed by atoms with E-state index in [2.05, 4.69) is 30.2 Å². The largest absolute Gasteiger partial charge is 0.353 e. The van der Waals surface area contributed by atoms with Crippen molar-refractivity contribution in [1.29, 1.82) is 0 Å². The maximum Gasteiger partial charge on any atom is 0.269 e. The van der Waals surface area contributed by atoms with Crippen LogP contribution < -0.4 is 10.2 Å². The molecule has 3 aromatic rings. The topological polar surface area (TPSA) is 122 Å². The SMILES string of the molecule is CC(C(=O)Nc1ccc([N+](=O)[O-])cc1)N1CCN(c2ncnc3c2cnn3C)CC1. The molecule has 0 aliphatic carbocycles. The number of fused-ring (bicyclic) bond motifs is 1. The Labute approximate surface area is 172 Å². The van der Waals surface area contributed by atoms with Crippen molar-refractivity contribution in [2.45, 2.75) is 13.0 Å². The number of nitrogens with one attached hydrogen (secondary N) is 1. The van der Waals surface area contributed by atoms with E-state index in [0.717, 1.165) is 29.9 Å². The Hall–Kier alpha value is -3.60. The Bertz CT molecular complexity index is 1070. The summed E-state index contributed by atoms with van der Waals surface area (Å²) in [7, 11) is 1.85. The molecule has 3 heterocycles. The number of amides is 1. The summed E-state index contributed by atoms with van der Waals surface area (Å²) in [6.07, 6.45) is 3.32. The normalized spacial score (nSPS) is 15.9. The smallest absolute Gasteiger partial charge is 0.269 e. The summed E-state index contributed by atoms with van der Waals surface area (Å²) < 4.78 is 1.72. The standard InChI is InChI=1S/C19H22N8O3/c1-13(19(28)23-14-3-5-15(6-4-14)27(29)30)25-7-9-26(10-8-25)18-16-11-22-24(2)17(16)20-12-21-18/h3-6,11-13H,7-10H2,1-2H3,(H,23,28). The van der Waals surface area contributed by atoms with E-state index in [1.165, 1.54) is 24.3 Å². The molecule has 1 fully saturated rings. The molecule has 4 rings (SSSR count). The van der Waals surface area contributed by atoms with Crippen LogP contribution in [0.4, 0.5) is 17.2 Å². The number of aromatic nitrogens is 4. The van der Waals surface area contributed by atoms with E-state index in [0.29, 0.717) is 18.8 Å². The number of piperazine rings is 1. The van der Waals surface area contributed by atoms with Gasteiger partial charge in [-0.3, -0.25) is 24.5 Å². The van der Waals surface area contributed by atoms with Gasteiger partial charge in [0.1, 0.15) is 12.1 Å². The molecule has 1 aliphatic rings. The van der Waals surface area contributed by atoms with Gasteiger partial charge in [0.15, 0.2) is 5.65 Å². The van der Waals surface area contributed by atoms with Crippen molar-refractivity contribution in [3.05, 3.63) is 46.9 Å². The van der Waals surface area contributed by atoms with Crippen LogP contribution in [-0.4, -0.2) is 67.7 Å². The molecule has 0 radical (unpaired) electrons. The van der Waals surface area contributed by atoms with Crippen molar-refractivity contribution < 1.29 is 9.72 Å². The molecular weight excluding hydrogens is 388 g/mol. The first-order valence-electron chi connectivity index (χ1n) is 9.61. The second kappa shape index (κ2) is 8.03. The summed E-state index contributed by atoms with van der Waals surface area (Å²) in [5.74, 6) is 0.713. The number of nitro benzene ring substituents is 1. The molecule has 1 N–H and O–H groups in total. The van der Waals surface area contributed by atoms with Crippen LogP contribution >= 0.6 is 0 Å². The number of hydrogen-bond donors (Lipinski definition) is 1. The average Bonchev–Trinajstić information content (AvgIpc) is 3.15. The van der Waals surface area contributed by atoms with Crippen molar-refractivity contribution in [2.75, 3.05) is 36.4 Å². The van der Waals surface area contributed by atoms with Gasteiger partial charge in [-0.2, -0.15) is 5.10 Å². The van der Waals surface area contributed by atoms with E-state index in [9.17, 15) is 14.9 Å². The Balaban J connectivity index is 1.37. The minimum absolute atomic E-state index is 0.00962. The third kappa shape index (κ3) is 3.79. The number of nitro groups is 1. The van der Waals surface area contributed by atoms with E-state index in [1.807, 2.05) is 14.0 Å². The number of carbonyl (C=O) groups is 1. The molecule has 11 nitrogen and oxygen atoms in total. The predicted molar refractivity (Wildman–Crippen MR) is 111 cm³/mol. The van der Waals surface area contributed by atoms with E-state index in [-0.39, 0.29) is 17.6 Å². The molecule has 1 unspecified atom stereocenters. The summed E-state index contributed by atoms with van der Waals surface area (Å²) in [5.41, 5.74) is 1.32. The quantitative estimate of drug-likeness (QED) is 0.495. The first-order chi connectivity index (χ1) is 14.4. The number of rotatable bonds is 5. The third-order valence-electron chi connectivity index (χ3n) is 5.40. The molecule has 1 aromatic carbocycles. The Morgan fingerprint density at radius 1 is 1.17 bits per heavy atom. The van der Waals surface area contributed by atoms with Crippen molar-refractivity contribution >= 4 is 34.1 Å². The maximum absolute atomic E-state index is 12.6. The fraction of sp³-hybridized carbons (Fsp3) is 0.368. The van der Waals surface area contributed by atoms with Gasteiger partial charge in [-0.05, 0) is 19.1 Å². The average molecular weight is 410 g/mol. The van der Waals surface area contributed by atoms with E-state index >= 15 is 0 Å². The number of benzene rings is 1. The Morgan fingerprint density at radius 3 is 2.53 bits per heavy atom. The van der Waals surface area contributed by atoms with Gasteiger partial charge in [0, 0.05) is 51.0 Å². The summed E-state index contributed by atoms with van der Waals surface area (Å²) in [4.78, 5) is 35.9. The molecular formula is C19H22N8O3. The number of carbonyl (C=O) groups excluding carboxylic acids is 1. The molecule has 1 aliphatic heterocycles. The molecule has 0 saturated carbocycles. The number of anilines is 2. The van der Waals surface area contributed by atoms with E-state index in [4.69, 9.17) is 0 Å². The second-order valence-corrected chi connectivity index (χ2v) is 7.19. The predicted octanol–water partition coefficient (Wildman–Crippen LogP) is 1.42. The fourth-order valence-corrected chi connectivity index (χ4v) is 3.60. The first kappa shape index (κ1) is 19.7. The summed E-state index contributed by atoms with van der Waals surface area (Å²) >= 11 is 0. The van der Waals surface area contributed by atoms with Crippen LogP contribution in [0.2, 0.25) is 0 Å². The van der Waals surface area contributed by atoms with Crippen LogP contribution in [0.3, 0.4) is 0 Å². The van der Waals surface area contributed by atoms with Crippen molar-refractivity contribution in [3.8, 4) is 0 Å². The van der Waals surface area contributed by atoms with Crippen LogP contribution in [0.15, 0.2) is 36.8 Å². The van der Waals surface area contributed by atoms with Gasteiger partial charge in [0.25, 0.3) is 5.69 Å². The molecule has 0 spiro atoms. The first-order valence-corrected chi connectivity index (χ1v) is 9.61. The van der Waals surface area contributed by atoms with Gasteiger partial charge in [-0.15, -0.1) is 0 Å². The highest BCUT2D eigenvalue weighted by molar-refractivity contribution is 5.94. The molecule has 1 saturated heterocycles. The van der Waals surface area contributed by atoms with Crippen LogP contribution in [0, 0.1) is 10.1 Å². The summed E-state index contributed by atoms with van der Waals surface area (Å²) in [6, 6.07) is 5.50. The van der Waals surface area contributed by atoms with Crippen LogP contribution in [0.1, 0.15) is 6.92 Å². The zero-order valence-corrected chi connectivity index (χ0v) is 16.7. The van der Waals surface area contributed by atoms with Crippen LogP contribution in [0.25, 0.3) is 11.0 Å². The lowest BCUT2D eigenvalue weighted by Gasteiger charge is -2.38. The zero-order valence-electron chi connectivity index (χ0n) is 16.7. The van der Waals surface area contributed by atoms with Crippen molar-refractivity contribution in [3.63, 3.8) is 0 Å². The van der Waals surface area contributed by atoms with Crippen LogP contribution in [-0.2, 0) is 11.8 Å². The molecule has 0 bridgehead atoms. The van der Waals surface area contributed by atoms with Gasteiger partial charge in [0.05, 0.1) is 22.5 Å². The van der Waals surface area contributed by atoms with Gasteiger partial charge < -0.3 is 10.2 Å². The van der Waals surface area contributed by atoms with Gasteiger partial charge in [0.2, 0.25) is 5.91 Å². The van der Waals surface area contributed by atoms with Crippen molar-refractivity contribution in [2.24, 2.45) is 7.05 Å². The summed E-state index contributed by atoms with van der Waals surface area (Å²) in [5, 5.41) is 18.7. The van der Waals surface area contributed by atoms with Crippen LogP contribution in [0.5, 0.6) is 0 Å². The minimum atomic E-state index is -0.468. The maximum atomic E-state index is 12.6. The highest BCUT2D eigenvalue weighted by Crippen LogP contribution is 2.24. The zero-order chi connectivity index (χ0) is 21.3. The number of nitrogens with zero attached hydrogens (tertiary/aromatic N) is 7. The Morgan fingerprint density at radius 2 is 1.87 bits per heavy atom. The van der Waals surface area contributed by atoms with E-state index in [1.54, 1.807) is 17.2 Å². The van der Waals surface area contributed by atoms with Gasteiger partial charge in [-0.1, -0.05) is 0 Å². The lowest BCUT2D eigenvalue weighted by molar-refractivity contribution is -0.384. The highest BCUT2D eigenvalue weighted by Gasteiger charge is 2.27. The lowest BCUT2D eigenvalue weighted by Crippen LogP contribution is -2.53.